The highest BCUT2D eigenvalue weighted by atomic mass is 31.2. The smallest absolute Gasteiger partial charge is 0.347 e. The van der Waals surface area contributed by atoms with Gasteiger partial charge in [-0.25, -0.2) is 0 Å². The Kier molecular flexibility index (Phi) is 8.28. The maximum atomic E-state index is 5.96. The molecule has 0 N–H and O–H groups in total. The highest BCUT2D eigenvalue weighted by Crippen LogP contribution is 2.55. The van der Waals surface area contributed by atoms with E-state index >= 15 is 0 Å². The van der Waals surface area contributed by atoms with Gasteiger partial charge in [-0.1, -0.05) is 0 Å². The van der Waals surface area contributed by atoms with E-state index in [9.17, 15) is 0 Å². The molecule has 2 heterocycles. The number of guanidine groups is 2. The zero-order valence-electron chi connectivity index (χ0n) is 15.4. The highest BCUT2D eigenvalue weighted by molar-refractivity contribution is 7.55. The number of aliphatic imine (C=N–C) groups is 1. The normalized spacial score (nSPS) is 23.0. The second-order valence-electron chi connectivity index (χ2n) is 5.69. The van der Waals surface area contributed by atoms with E-state index in [-0.39, 0.29) is 0 Å². The van der Waals surface area contributed by atoms with Gasteiger partial charge in [0.15, 0.2) is 0 Å². The lowest BCUT2D eigenvalue weighted by atomic mass is 10.7. The second kappa shape index (κ2) is 10.2. The average Bonchev–Trinajstić information content (AvgIpc) is 2.58. The first-order valence-electron chi connectivity index (χ1n) is 8.21. The zero-order chi connectivity index (χ0) is 18.1. The molecule has 0 aromatic rings. The standard InChI is InChI=1S/C14H28N5O5P/c1-18(2)13-15-14(19(3)4)17-25(16-13)23-11-9-21-7-5-20-6-8-22-10-12-24-25/h5-12H2,1-4H3. The maximum Gasteiger partial charge on any atom is 0.347 e. The van der Waals surface area contributed by atoms with Crippen LogP contribution in [0, 0.1) is 0 Å². The Balaban J connectivity index is 2.19. The van der Waals surface area contributed by atoms with Crippen LogP contribution in [0.4, 0.5) is 0 Å². The molecule has 0 radical (unpaired) electrons. The van der Waals surface area contributed by atoms with Crippen LogP contribution in [0.1, 0.15) is 0 Å². The van der Waals surface area contributed by atoms with Gasteiger partial charge < -0.3 is 33.1 Å². The molecule has 11 heteroatoms. The topological polar surface area (TPSA) is 89.7 Å². The fraction of sp³-hybridized carbons (Fsp3) is 0.857. The molecule has 25 heavy (non-hydrogen) atoms. The molecule has 0 unspecified atom stereocenters. The van der Waals surface area contributed by atoms with Crippen molar-refractivity contribution in [3.63, 3.8) is 0 Å². The molecule has 0 atom stereocenters. The minimum Gasteiger partial charge on any atom is -0.377 e. The van der Waals surface area contributed by atoms with Crippen molar-refractivity contribution in [1.82, 2.24) is 9.80 Å². The van der Waals surface area contributed by atoms with E-state index in [0.29, 0.717) is 64.8 Å². The lowest BCUT2D eigenvalue weighted by Gasteiger charge is -2.27. The highest BCUT2D eigenvalue weighted by Gasteiger charge is 2.29. The number of ether oxygens (including phenoxy) is 3. The first kappa shape index (κ1) is 20.3. The summed E-state index contributed by atoms with van der Waals surface area (Å²) in [5, 5.41) is 0. The van der Waals surface area contributed by atoms with Crippen molar-refractivity contribution in [3.05, 3.63) is 0 Å². The van der Waals surface area contributed by atoms with Crippen LogP contribution in [0.5, 0.6) is 0 Å². The predicted molar refractivity (Wildman–Crippen MR) is 96.0 cm³/mol. The number of hydrogen-bond acceptors (Lipinski definition) is 10. The van der Waals surface area contributed by atoms with Crippen molar-refractivity contribution >= 4 is 19.6 Å². The molecule has 144 valence electrons. The molecule has 1 saturated heterocycles. The minimum atomic E-state index is -2.87. The molecule has 2 aliphatic heterocycles. The molecule has 0 aliphatic carbocycles. The SMILES string of the molecule is CN(C)C1=NC(N(C)C)=NP2(=N1)OCCOCCOCCOCCO2. The van der Waals surface area contributed by atoms with Crippen molar-refractivity contribution < 1.29 is 23.3 Å². The van der Waals surface area contributed by atoms with Crippen LogP contribution in [0.2, 0.25) is 0 Å². The van der Waals surface area contributed by atoms with Crippen LogP contribution < -0.4 is 0 Å². The number of nitrogens with zero attached hydrogens (tertiary/aromatic N) is 5. The monoisotopic (exact) mass is 377 g/mol. The zero-order valence-corrected chi connectivity index (χ0v) is 16.3. The Morgan fingerprint density at radius 3 is 1.56 bits per heavy atom. The fourth-order valence-electron chi connectivity index (χ4n) is 1.89. The van der Waals surface area contributed by atoms with E-state index in [1.54, 1.807) is 0 Å². The Morgan fingerprint density at radius 1 is 0.680 bits per heavy atom. The molecule has 0 saturated carbocycles. The maximum absolute atomic E-state index is 5.96. The van der Waals surface area contributed by atoms with E-state index in [1.807, 2.05) is 38.0 Å². The van der Waals surface area contributed by atoms with E-state index in [0.717, 1.165) is 0 Å². The molecule has 0 bridgehead atoms. The summed E-state index contributed by atoms with van der Waals surface area (Å²) < 4.78 is 37.4. The first-order valence-corrected chi connectivity index (χ1v) is 9.74. The van der Waals surface area contributed by atoms with Gasteiger partial charge in [-0.3, -0.25) is 0 Å². The van der Waals surface area contributed by atoms with Crippen LogP contribution in [0.25, 0.3) is 0 Å². The summed E-state index contributed by atoms with van der Waals surface area (Å²) in [6, 6.07) is 0. The van der Waals surface area contributed by atoms with Crippen molar-refractivity contribution in [2.75, 3.05) is 81.0 Å². The van der Waals surface area contributed by atoms with Crippen LogP contribution >= 0.6 is 7.66 Å². The van der Waals surface area contributed by atoms with Crippen molar-refractivity contribution in [2.45, 2.75) is 0 Å². The Bertz CT molecular complexity index is 511. The Labute approximate surface area is 149 Å². The van der Waals surface area contributed by atoms with Crippen molar-refractivity contribution in [2.24, 2.45) is 14.5 Å². The number of rotatable bonds is 0. The Hall–Kier alpha value is -1.03. The molecule has 0 amide bonds. The van der Waals surface area contributed by atoms with Crippen LogP contribution in [0.3, 0.4) is 0 Å². The third-order valence-corrected chi connectivity index (χ3v) is 5.05. The van der Waals surface area contributed by atoms with Gasteiger partial charge in [-0.05, 0) is 0 Å². The molecule has 2 aliphatic rings. The molecule has 0 aromatic carbocycles. The molecule has 1 fully saturated rings. The van der Waals surface area contributed by atoms with E-state index in [1.165, 1.54) is 0 Å². The summed E-state index contributed by atoms with van der Waals surface area (Å²) in [5.74, 6) is 1.03. The van der Waals surface area contributed by atoms with E-state index in [4.69, 9.17) is 23.3 Å². The van der Waals surface area contributed by atoms with Gasteiger partial charge in [0.1, 0.15) is 0 Å². The molecule has 0 aromatic heterocycles. The molecule has 2 rings (SSSR count). The van der Waals surface area contributed by atoms with Crippen molar-refractivity contribution in [1.29, 1.82) is 0 Å². The quantitative estimate of drug-likeness (QED) is 0.579. The number of hydrogen-bond donors (Lipinski definition) is 0. The van der Waals surface area contributed by atoms with Gasteiger partial charge in [0.05, 0.1) is 52.9 Å². The largest absolute Gasteiger partial charge is 0.377 e. The summed E-state index contributed by atoms with van der Waals surface area (Å²) in [6.07, 6.45) is 0. The van der Waals surface area contributed by atoms with Crippen LogP contribution in [-0.2, 0) is 23.3 Å². The lowest BCUT2D eigenvalue weighted by Crippen LogP contribution is -2.29. The Morgan fingerprint density at radius 2 is 1.12 bits per heavy atom. The summed E-state index contributed by atoms with van der Waals surface area (Å²) >= 11 is 0. The van der Waals surface area contributed by atoms with Crippen LogP contribution in [-0.4, -0.2) is 103 Å². The predicted octanol–water partition coefficient (Wildman–Crippen LogP) is 0.878. The van der Waals surface area contributed by atoms with Gasteiger partial charge in [-0.15, -0.1) is 0 Å². The van der Waals surface area contributed by atoms with Crippen LogP contribution in [0.15, 0.2) is 14.5 Å². The molecular formula is C14H28N5O5P. The molecular weight excluding hydrogens is 349 g/mol. The van der Waals surface area contributed by atoms with Gasteiger partial charge in [0.2, 0.25) is 11.9 Å². The van der Waals surface area contributed by atoms with Gasteiger partial charge in [-0.2, -0.15) is 14.5 Å². The third-order valence-electron chi connectivity index (χ3n) is 3.15. The molecule has 1 spiro atoms. The van der Waals surface area contributed by atoms with Gasteiger partial charge in [0.25, 0.3) is 0 Å². The minimum absolute atomic E-state index is 0.322. The third kappa shape index (κ3) is 6.65. The summed E-state index contributed by atoms with van der Waals surface area (Å²) in [7, 11) is 4.60. The molecule has 10 nitrogen and oxygen atoms in total. The summed E-state index contributed by atoms with van der Waals surface area (Å²) in [6.45, 7) is 3.55. The lowest BCUT2D eigenvalue weighted by molar-refractivity contribution is -0.000825. The second-order valence-corrected chi connectivity index (χ2v) is 7.59. The summed E-state index contributed by atoms with van der Waals surface area (Å²) in [4.78, 5) is 8.04. The van der Waals surface area contributed by atoms with Crippen molar-refractivity contribution in [3.8, 4) is 0 Å². The first-order chi connectivity index (χ1) is 12.0. The average molecular weight is 377 g/mol. The van der Waals surface area contributed by atoms with E-state index in [2.05, 4.69) is 14.5 Å². The van der Waals surface area contributed by atoms with E-state index < -0.39 is 7.66 Å². The van der Waals surface area contributed by atoms with Gasteiger partial charge in [0, 0.05) is 28.2 Å². The fourth-order valence-corrected chi connectivity index (χ4v) is 3.76. The van der Waals surface area contributed by atoms with Gasteiger partial charge >= 0.3 is 7.66 Å². The summed E-state index contributed by atoms with van der Waals surface area (Å²) in [5.41, 5.74) is 0.